The van der Waals surface area contributed by atoms with Gasteiger partial charge in [0.2, 0.25) is 5.91 Å². The second-order valence-corrected chi connectivity index (χ2v) is 6.03. The maximum Gasteiger partial charge on any atom is 0.246 e. The third kappa shape index (κ3) is 5.66. The lowest BCUT2D eigenvalue weighted by atomic mass is 10.2. The standard InChI is InChI=1S/C19H22N2O3/c22-19(14-23-12-16-3-4-16)21-11-15-5-7-18(8-6-15)24-13-17-2-1-9-20-10-17/h1-2,5-10,16H,3-4,11-14H2,(H,21,22). The van der Waals surface area contributed by atoms with Crippen LogP contribution in [0.5, 0.6) is 5.75 Å². The van der Waals surface area contributed by atoms with E-state index in [2.05, 4.69) is 10.3 Å². The van der Waals surface area contributed by atoms with Crippen LogP contribution in [0, 0.1) is 5.92 Å². The number of nitrogens with one attached hydrogen (secondary N) is 1. The molecule has 0 saturated heterocycles. The van der Waals surface area contributed by atoms with Gasteiger partial charge in [0.1, 0.15) is 19.0 Å². The Morgan fingerprint density at radius 2 is 2.00 bits per heavy atom. The number of pyridine rings is 1. The Kier molecular flexibility index (Phi) is 5.80. The van der Waals surface area contributed by atoms with Crippen molar-refractivity contribution in [1.82, 2.24) is 10.3 Å². The van der Waals surface area contributed by atoms with Gasteiger partial charge in [-0.15, -0.1) is 0 Å². The number of rotatable bonds is 9. The first-order valence-corrected chi connectivity index (χ1v) is 8.25. The molecule has 1 amide bonds. The van der Waals surface area contributed by atoms with E-state index in [-0.39, 0.29) is 12.5 Å². The lowest BCUT2D eigenvalue weighted by Gasteiger charge is -2.08. The summed E-state index contributed by atoms with van der Waals surface area (Å²) in [6.07, 6.45) is 5.99. The molecule has 3 rings (SSSR count). The van der Waals surface area contributed by atoms with Crippen molar-refractivity contribution in [3.05, 3.63) is 59.9 Å². The van der Waals surface area contributed by atoms with Crippen molar-refractivity contribution in [1.29, 1.82) is 0 Å². The van der Waals surface area contributed by atoms with E-state index >= 15 is 0 Å². The first-order valence-electron chi connectivity index (χ1n) is 8.25. The Morgan fingerprint density at radius 1 is 1.17 bits per heavy atom. The molecule has 1 aromatic carbocycles. The quantitative estimate of drug-likeness (QED) is 0.770. The molecule has 1 aliphatic rings. The maximum absolute atomic E-state index is 11.7. The smallest absolute Gasteiger partial charge is 0.246 e. The average Bonchev–Trinajstić information content (AvgIpc) is 3.44. The lowest BCUT2D eigenvalue weighted by Crippen LogP contribution is -2.27. The van der Waals surface area contributed by atoms with E-state index in [1.807, 2.05) is 36.4 Å². The summed E-state index contributed by atoms with van der Waals surface area (Å²) >= 11 is 0. The lowest BCUT2D eigenvalue weighted by molar-refractivity contribution is -0.126. The Balaban J connectivity index is 1.36. The summed E-state index contributed by atoms with van der Waals surface area (Å²) in [4.78, 5) is 15.7. The van der Waals surface area contributed by atoms with Crippen LogP contribution in [0.4, 0.5) is 0 Å². The minimum atomic E-state index is -0.0763. The minimum absolute atomic E-state index is 0.0763. The maximum atomic E-state index is 11.7. The zero-order chi connectivity index (χ0) is 16.6. The first kappa shape index (κ1) is 16.5. The van der Waals surface area contributed by atoms with Crippen molar-refractivity contribution in [2.24, 2.45) is 5.92 Å². The number of carbonyl (C=O) groups excluding carboxylic acids is 1. The molecule has 2 aromatic rings. The average molecular weight is 326 g/mol. The summed E-state index contributed by atoms with van der Waals surface area (Å²) in [7, 11) is 0. The van der Waals surface area contributed by atoms with Crippen molar-refractivity contribution < 1.29 is 14.3 Å². The summed E-state index contributed by atoms with van der Waals surface area (Å²) in [6.45, 7) is 1.83. The van der Waals surface area contributed by atoms with Crippen LogP contribution in [0.15, 0.2) is 48.8 Å². The Labute approximate surface area is 142 Å². The third-order valence-corrected chi connectivity index (χ3v) is 3.82. The van der Waals surface area contributed by atoms with Crippen molar-refractivity contribution in [2.45, 2.75) is 26.0 Å². The summed E-state index contributed by atoms with van der Waals surface area (Å²) in [5.41, 5.74) is 2.05. The topological polar surface area (TPSA) is 60.5 Å². The molecule has 0 spiro atoms. The first-order chi connectivity index (χ1) is 11.8. The Hall–Kier alpha value is -2.40. The predicted molar refractivity (Wildman–Crippen MR) is 90.4 cm³/mol. The van der Waals surface area contributed by atoms with Crippen molar-refractivity contribution in [3.8, 4) is 5.75 Å². The summed E-state index contributed by atoms with van der Waals surface area (Å²) in [6, 6.07) is 11.6. The molecule has 0 atom stereocenters. The number of hydrogen-bond donors (Lipinski definition) is 1. The van der Waals surface area contributed by atoms with Gasteiger partial charge >= 0.3 is 0 Å². The van der Waals surface area contributed by atoms with Crippen LogP contribution in [-0.4, -0.2) is 24.1 Å². The zero-order valence-corrected chi connectivity index (χ0v) is 13.6. The molecule has 24 heavy (non-hydrogen) atoms. The van der Waals surface area contributed by atoms with Crippen LogP contribution in [0.2, 0.25) is 0 Å². The molecule has 1 saturated carbocycles. The van der Waals surface area contributed by atoms with Crippen LogP contribution in [0.1, 0.15) is 24.0 Å². The summed E-state index contributed by atoms with van der Waals surface area (Å²) in [5, 5.41) is 2.86. The van der Waals surface area contributed by atoms with E-state index < -0.39 is 0 Å². The Morgan fingerprint density at radius 3 is 2.71 bits per heavy atom. The SMILES string of the molecule is O=C(COCC1CC1)NCc1ccc(OCc2cccnc2)cc1. The summed E-state index contributed by atoms with van der Waals surface area (Å²) in [5.74, 6) is 1.39. The van der Waals surface area contributed by atoms with Gasteiger partial charge < -0.3 is 14.8 Å². The highest BCUT2D eigenvalue weighted by molar-refractivity contribution is 5.77. The van der Waals surface area contributed by atoms with E-state index in [1.165, 1.54) is 12.8 Å². The van der Waals surface area contributed by atoms with Crippen LogP contribution >= 0.6 is 0 Å². The van der Waals surface area contributed by atoms with E-state index in [1.54, 1.807) is 12.4 Å². The van der Waals surface area contributed by atoms with Crippen molar-refractivity contribution in [3.63, 3.8) is 0 Å². The molecule has 1 aliphatic carbocycles. The van der Waals surface area contributed by atoms with E-state index in [9.17, 15) is 4.79 Å². The molecular formula is C19H22N2O3. The monoisotopic (exact) mass is 326 g/mol. The van der Waals surface area contributed by atoms with Gasteiger partial charge in [0.15, 0.2) is 0 Å². The molecule has 0 unspecified atom stereocenters. The second kappa shape index (κ2) is 8.45. The molecule has 0 aliphatic heterocycles. The minimum Gasteiger partial charge on any atom is -0.489 e. The van der Waals surface area contributed by atoms with Gasteiger partial charge in [0.05, 0.1) is 6.61 Å². The number of carbonyl (C=O) groups is 1. The second-order valence-electron chi connectivity index (χ2n) is 6.03. The fourth-order valence-electron chi connectivity index (χ4n) is 2.21. The molecule has 1 aromatic heterocycles. The fourth-order valence-corrected chi connectivity index (χ4v) is 2.21. The van der Waals surface area contributed by atoms with Crippen LogP contribution < -0.4 is 10.1 Å². The largest absolute Gasteiger partial charge is 0.489 e. The normalized spacial score (nSPS) is 13.5. The predicted octanol–water partition coefficient (Wildman–Crippen LogP) is 2.70. The highest BCUT2D eigenvalue weighted by Gasteiger charge is 2.21. The van der Waals surface area contributed by atoms with Gasteiger partial charge in [-0.3, -0.25) is 9.78 Å². The molecule has 5 nitrogen and oxygen atoms in total. The van der Waals surface area contributed by atoms with E-state index in [0.29, 0.717) is 25.7 Å². The van der Waals surface area contributed by atoms with Gasteiger partial charge in [-0.05, 0) is 42.5 Å². The van der Waals surface area contributed by atoms with Crippen LogP contribution in [0.3, 0.4) is 0 Å². The number of aromatic nitrogens is 1. The highest BCUT2D eigenvalue weighted by atomic mass is 16.5. The van der Waals surface area contributed by atoms with Gasteiger partial charge in [0.25, 0.3) is 0 Å². The molecule has 5 heteroatoms. The van der Waals surface area contributed by atoms with Crippen LogP contribution in [0.25, 0.3) is 0 Å². The van der Waals surface area contributed by atoms with Crippen molar-refractivity contribution >= 4 is 5.91 Å². The van der Waals surface area contributed by atoms with Gasteiger partial charge in [0, 0.05) is 24.5 Å². The number of amides is 1. The van der Waals surface area contributed by atoms with E-state index in [4.69, 9.17) is 9.47 Å². The van der Waals surface area contributed by atoms with Gasteiger partial charge in [-0.25, -0.2) is 0 Å². The van der Waals surface area contributed by atoms with E-state index in [0.717, 1.165) is 16.9 Å². The molecule has 1 fully saturated rings. The number of hydrogen-bond acceptors (Lipinski definition) is 4. The fraction of sp³-hybridized carbons (Fsp3) is 0.368. The highest BCUT2D eigenvalue weighted by Crippen LogP contribution is 2.28. The summed E-state index contributed by atoms with van der Waals surface area (Å²) < 4.78 is 11.1. The molecule has 1 heterocycles. The molecule has 1 N–H and O–H groups in total. The van der Waals surface area contributed by atoms with Crippen molar-refractivity contribution in [2.75, 3.05) is 13.2 Å². The Bertz CT molecular complexity index is 639. The van der Waals surface area contributed by atoms with Crippen LogP contribution in [-0.2, 0) is 22.7 Å². The molecular weight excluding hydrogens is 304 g/mol. The van der Waals surface area contributed by atoms with Gasteiger partial charge in [-0.1, -0.05) is 18.2 Å². The molecule has 0 bridgehead atoms. The zero-order valence-electron chi connectivity index (χ0n) is 13.6. The molecule has 126 valence electrons. The number of nitrogens with zero attached hydrogens (tertiary/aromatic N) is 1. The molecule has 0 radical (unpaired) electrons. The number of ether oxygens (including phenoxy) is 2. The third-order valence-electron chi connectivity index (χ3n) is 3.82. The number of benzene rings is 1. The van der Waals surface area contributed by atoms with Gasteiger partial charge in [-0.2, -0.15) is 0 Å².